The van der Waals surface area contributed by atoms with Crippen molar-refractivity contribution < 1.29 is 28.2 Å². The van der Waals surface area contributed by atoms with Gasteiger partial charge in [-0.15, -0.1) is 11.3 Å². The maximum absolute atomic E-state index is 13.3. The van der Waals surface area contributed by atoms with Crippen LogP contribution in [0.4, 0.5) is 30.9 Å². The van der Waals surface area contributed by atoms with Crippen LogP contribution in [0.3, 0.4) is 0 Å². The number of anilines is 3. The number of ether oxygens (including phenoxy) is 3. The number of hydrogen-bond acceptors (Lipinski definition) is 11. The SMILES string of the molecule is CN(Cc1csc(NC(=O)NCc2cccc(F)c2)n1)C(=O)Oc1cc(N2CCOCC2)nc(N2CCOCC2)n1. The third-order valence-electron chi connectivity index (χ3n) is 6.32. The average molecular weight is 587 g/mol. The first-order valence-corrected chi connectivity index (χ1v) is 14.0. The molecule has 15 heteroatoms. The van der Waals surface area contributed by atoms with E-state index in [0.717, 1.165) is 0 Å². The summed E-state index contributed by atoms with van der Waals surface area (Å²) in [7, 11) is 1.59. The molecule has 218 valence electrons. The first-order chi connectivity index (χ1) is 19.9. The van der Waals surface area contributed by atoms with Crippen molar-refractivity contribution in [1.29, 1.82) is 0 Å². The molecule has 0 unspecified atom stereocenters. The van der Waals surface area contributed by atoms with Gasteiger partial charge in [-0.05, 0) is 17.7 Å². The summed E-state index contributed by atoms with van der Waals surface area (Å²) in [5, 5.41) is 7.41. The molecule has 4 heterocycles. The van der Waals surface area contributed by atoms with Crippen molar-refractivity contribution in [1.82, 2.24) is 25.2 Å². The first kappa shape index (κ1) is 28.4. The summed E-state index contributed by atoms with van der Waals surface area (Å²) in [4.78, 5) is 44.2. The van der Waals surface area contributed by atoms with Crippen molar-refractivity contribution in [3.63, 3.8) is 0 Å². The Morgan fingerprint density at radius 2 is 1.78 bits per heavy atom. The van der Waals surface area contributed by atoms with Crippen LogP contribution in [0.15, 0.2) is 35.7 Å². The molecule has 0 spiro atoms. The molecule has 2 aromatic heterocycles. The monoisotopic (exact) mass is 586 g/mol. The molecular formula is C26H31FN8O5S. The number of benzene rings is 1. The number of nitrogens with one attached hydrogen (secondary N) is 2. The third kappa shape index (κ3) is 7.99. The van der Waals surface area contributed by atoms with E-state index in [2.05, 4.69) is 25.5 Å². The molecule has 3 amide bonds. The lowest BCUT2D eigenvalue weighted by molar-refractivity contribution is 0.121. The number of halogens is 1. The van der Waals surface area contributed by atoms with E-state index in [4.69, 9.17) is 19.2 Å². The molecule has 0 bridgehead atoms. The summed E-state index contributed by atoms with van der Waals surface area (Å²) < 4.78 is 29.9. The summed E-state index contributed by atoms with van der Waals surface area (Å²) in [5.74, 6) is 0.928. The number of carbonyl (C=O) groups is 2. The van der Waals surface area contributed by atoms with Gasteiger partial charge < -0.3 is 34.2 Å². The highest BCUT2D eigenvalue weighted by atomic mass is 32.1. The van der Waals surface area contributed by atoms with Crippen molar-refractivity contribution in [2.45, 2.75) is 13.1 Å². The Labute approximate surface area is 240 Å². The number of amides is 3. The second-order valence-electron chi connectivity index (χ2n) is 9.37. The van der Waals surface area contributed by atoms with Gasteiger partial charge in [-0.25, -0.2) is 19.0 Å². The Morgan fingerprint density at radius 3 is 2.51 bits per heavy atom. The maximum atomic E-state index is 13.3. The predicted octanol–water partition coefficient (Wildman–Crippen LogP) is 2.70. The highest BCUT2D eigenvalue weighted by Crippen LogP contribution is 2.24. The molecule has 0 aliphatic carbocycles. The predicted molar refractivity (Wildman–Crippen MR) is 150 cm³/mol. The Balaban J connectivity index is 1.18. The minimum absolute atomic E-state index is 0.149. The second kappa shape index (κ2) is 13.5. The zero-order valence-electron chi connectivity index (χ0n) is 22.5. The van der Waals surface area contributed by atoms with Gasteiger partial charge in [0.1, 0.15) is 11.6 Å². The molecule has 5 rings (SSSR count). The molecule has 1 aromatic carbocycles. The molecular weight excluding hydrogens is 555 g/mol. The number of hydrogen-bond donors (Lipinski definition) is 2. The summed E-state index contributed by atoms with van der Waals surface area (Å²) in [6.07, 6.45) is -0.611. The topological polar surface area (TPSA) is 134 Å². The van der Waals surface area contributed by atoms with Crippen LogP contribution in [0.25, 0.3) is 0 Å². The number of carbonyl (C=O) groups excluding carboxylic acids is 2. The van der Waals surface area contributed by atoms with Crippen LogP contribution in [-0.4, -0.2) is 91.6 Å². The number of morpholine rings is 2. The largest absolute Gasteiger partial charge is 0.416 e. The maximum Gasteiger partial charge on any atom is 0.416 e. The first-order valence-electron chi connectivity index (χ1n) is 13.1. The van der Waals surface area contributed by atoms with Crippen molar-refractivity contribution in [2.24, 2.45) is 0 Å². The van der Waals surface area contributed by atoms with Crippen LogP contribution < -0.4 is 25.2 Å². The molecule has 2 N–H and O–H groups in total. The molecule has 2 saturated heterocycles. The normalized spacial score (nSPS) is 15.4. The summed E-state index contributed by atoms with van der Waals surface area (Å²) in [6.45, 7) is 5.28. The van der Waals surface area contributed by atoms with Crippen molar-refractivity contribution in [3.05, 3.63) is 52.8 Å². The third-order valence-corrected chi connectivity index (χ3v) is 7.13. The number of nitrogens with zero attached hydrogens (tertiary/aromatic N) is 6. The van der Waals surface area contributed by atoms with Crippen LogP contribution in [-0.2, 0) is 22.6 Å². The van der Waals surface area contributed by atoms with Gasteiger partial charge in [-0.1, -0.05) is 12.1 Å². The van der Waals surface area contributed by atoms with Crippen LogP contribution in [0.5, 0.6) is 5.88 Å². The number of urea groups is 1. The second-order valence-corrected chi connectivity index (χ2v) is 10.2. The summed E-state index contributed by atoms with van der Waals surface area (Å²) in [5.41, 5.74) is 1.21. The Bertz CT molecular complexity index is 1310. The lowest BCUT2D eigenvalue weighted by Crippen LogP contribution is -2.39. The van der Waals surface area contributed by atoms with E-state index in [1.165, 1.54) is 28.4 Å². The lowest BCUT2D eigenvalue weighted by atomic mass is 10.2. The van der Waals surface area contributed by atoms with Crippen LogP contribution >= 0.6 is 11.3 Å². The molecule has 2 fully saturated rings. The molecule has 2 aliphatic rings. The molecule has 41 heavy (non-hydrogen) atoms. The van der Waals surface area contributed by atoms with Gasteiger partial charge in [-0.3, -0.25) is 5.32 Å². The van der Waals surface area contributed by atoms with E-state index in [1.54, 1.807) is 30.6 Å². The lowest BCUT2D eigenvalue weighted by Gasteiger charge is -2.31. The molecule has 2 aliphatic heterocycles. The molecule has 0 atom stereocenters. The van der Waals surface area contributed by atoms with Crippen molar-refractivity contribution in [3.8, 4) is 5.88 Å². The average Bonchev–Trinajstić information content (AvgIpc) is 3.43. The molecule has 3 aromatic rings. The van der Waals surface area contributed by atoms with E-state index in [9.17, 15) is 14.0 Å². The molecule has 0 radical (unpaired) electrons. The fourth-order valence-corrected chi connectivity index (χ4v) is 4.89. The summed E-state index contributed by atoms with van der Waals surface area (Å²) in [6, 6.07) is 7.18. The van der Waals surface area contributed by atoms with E-state index in [0.29, 0.717) is 80.8 Å². The zero-order chi connectivity index (χ0) is 28.6. The van der Waals surface area contributed by atoms with Gasteiger partial charge in [0, 0.05) is 51.2 Å². The minimum Gasteiger partial charge on any atom is -0.391 e. The van der Waals surface area contributed by atoms with E-state index < -0.39 is 12.1 Å². The fourth-order valence-electron chi connectivity index (χ4n) is 4.20. The quantitative estimate of drug-likeness (QED) is 0.406. The van der Waals surface area contributed by atoms with Crippen molar-refractivity contribution in [2.75, 3.05) is 74.8 Å². The standard InChI is InChI=1S/C26H31FN8O5S/c1-33(16-20-17-41-25(29-20)32-24(36)28-15-18-3-2-4-19(27)13-18)26(37)40-22-14-21(34-5-9-38-10-6-34)30-23(31-22)35-7-11-39-12-8-35/h2-4,13-14,17H,5-12,15-16H2,1H3,(H2,28,29,32,36). The number of rotatable bonds is 8. The van der Waals surface area contributed by atoms with Gasteiger partial charge >= 0.3 is 12.1 Å². The van der Waals surface area contributed by atoms with Gasteiger partial charge in [0.25, 0.3) is 0 Å². The zero-order valence-corrected chi connectivity index (χ0v) is 23.4. The van der Waals surface area contributed by atoms with Gasteiger partial charge in [0.2, 0.25) is 11.8 Å². The molecule has 0 saturated carbocycles. The van der Waals surface area contributed by atoms with E-state index >= 15 is 0 Å². The van der Waals surface area contributed by atoms with Gasteiger partial charge in [0.05, 0.1) is 38.7 Å². The van der Waals surface area contributed by atoms with Gasteiger partial charge in [0.15, 0.2) is 5.13 Å². The molecule has 13 nitrogen and oxygen atoms in total. The Morgan fingerprint density at radius 1 is 1.05 bits per heavy atom. The van der Waals surface area contributed by atoms with Crippen LogP contribution in [0.1, 0.15) is 11.3 Å². The highest BCUT2D eigenvalue weighted by molar-refractivity contribution is 7.13. The van der Waals surface area contributed by atoms with Crippen molar-refractivity contribution >= 4 is 40.4 Å². The Kier molecular flexibility index (Phi) is 9.38. The number of aromatic nitrogens is 3. The summed E-state index contributed by atoms with van der Waals surface area (Å²) >= 11 is 1.22. The minimum atomic E-state index is -0.611. The highest BCUT2D eigenvalue weighted by Gasteiger charge is 2.22. The van der Waals surface area contributed by atoms with Gasteiger partial charge in [-0.2, -0.15) is 9.97 Å². The Hall–Kier alpha value is -4.08. The fraction of sp³-hybridized carbons (Fsp3) is 0.423. The van der Waals surface area contributed by atoms with Crippen LogP contribution in [0.2, 0.25) is 0 Å². The van der Waals surface area contributed by atoms with E-state index in [-0.39, 0.29) is 24.8 Å². The number of thiazole rings is 1. The van der Waals surface area contributed by atoms with E-state index in [1.807, 2.05) is 4.90 Å². The smallest absolute Gasteiger partial charge is 0.391 e. The van der Waals surface area contributed by atoms with Crippen LogP contribution in [0, 0.1) is 5.82 Å².